The smallest absolute Gasteiger partial charge is 0.377 e. The highest BCUT2D eigenvalue weighted by Crippen LogP contribution is 2.48. The Labute approximate surface area is 189 Å². The predicted molar refractivity (Wildman–Crippen MR) is 119 cm³/mol. The summed E-state index contributed by atoms with van der Waals surface area (Å²) < 4.78 is 81.8. The maximum Gasteiger partial charge on any atom is 0.418 e. The van der Waals surface area contributed by atoms with E-state index in [-0.39, 0.29) is 16.3 Å². The average molecular weight is 479 g/mol. The van der Waals surface area contributed by atoms with Gasteiger partial charge in [-0.05, 0) is 65.4 Å². The Bertz CT molecular complexity index is 1270. The van der Waals surface area contributed by atoms with Crippen molar-refractivity contribution >= 4 is 21.4 Å². The van der Waals surface area contributed by atoms with Gasteiger partial charge in [-0.1, -0.05) is 38.1 Å². The number of hydrogen-bond donors (Lipinski definition) is 2. The lowest BCUT2D eigenvalue weighted by molar-refractivity contribution is -0.137. The fourth-order valence-corrected chi connectivity index (χ4v) is 5.25. The van der Waals surface area contributed by atoms with Crippen molar-refractivity contribution in [3.8, 4) is 0 Å². The number of anilines is 2. The van der Waals surface area contributed by atoms with E-state index in [1.165, 1.54) is 6.07 Å². The molecule has 0 radical (unpaired) electrons. The lowest BCUT2D eigenvalue weighted by Gasteiger charge is -2.40. The van der Waals surface area contributed by atoms with Crippen molar-refractivity contribution in [3.05, 3.63) is 89.2 Å². The van der Waals surface area contributed by atoms with E-state index in [9.17, 15) is 26.0 Å². The third-order valence-electron chi connectivity index (χ3n) is 5.80. The van der Waals surface area contributed by atoms with Crippen molar-refractivity contribution in [3.63, 3.8) is 0 Å². The van der Waals surface area contributed by atoms with Gasteiger partial charge in [0, 0.05) is 5.69 Å². The zero-order valence-corrected chi connectivity index (χ0v) is 18.7. The molecule has 0 aromatic heterocycles. The average Bonchev–Trinajstić information content (AvgIpc) is 2.72. The molecule has 0 fully saturated rings. The predicted octanol–water partition coefficient (Wildman–Crippen LogP) is 6.48. The molecule has 1 aliphatic heterocycles. The molecule has 3 aromatic rings. The van der Waals surface area contributed by atoms with Gasteiger partial charge in [0.05, 0.1) is 22.2 Å². The molecule has 174 valence electrons. The fourth-order valence-electron chi connectivity index (χ4n) is 4.20. The number of fused-ring (bicyclic) bond motifs is 1. The molecule has 4 nitrogen and oxygen atoms in total. The van der Waals surface area contributed by atoms with Gasteiger partial charge >= 0.3 is 6.18 Å². The Morgan fingerprint density at radius 1 is 1.00 bits per heavy atom. The highest BCUT2D eigenvalue weighted by Gasteiger charge is 2.41. The van der Waals surface area contributed by atoms with E-state index >= 15 is 0 Å². The summed E-state index contributed by atoms with van der Waals surface area (Å²) in [5, 5.41) is 3.03. The van der Waals surface area contributed by atoms with Crippen LogP contribution in [0.25, 0.3) is 0 Å². The number of nitrogens with one attached hydrogen (secondary N) is 2. The Morgan fingerprint density at radius 2 is 1.67 bits per heavy atom. The Morgan fingerprint density at radius 3 is 2.33 bits per heavy atom. The number of alkyl halides is 3. The maximum absolute atomic E-state index is 13.7. The normalized spacial score (nSPS) is 17.7. The first-order valence-corrected chi connectivity index (χ1v) is 11.7. The Kier molecular flexibility index (Phi) is 5.64. The number of hydrogen-bond acceptors (Lipinski definition) is 3. The van der Waals surface area contributed by atoms with Gasteiger partial charge in [-0.2, -0.15) is 13.2 Å². The highest BCUT2D eigenvalue weighted by atomic mass is 32.2. The second-order valence-electron chi connectivity index (χ2n) is 8.70. The third-order valence-corrected chi connectivity index (χ3v) is 7.19. The van der Waals surface area contributed by atoms with Crippen LogP contribution in [0.3, 0.4) is 0 Å². The van der Waals surface area contributed by atoms with Crippen LogP contribution in [0, 0.1) is 5.82 Å². The van der Waals surface area contributed by atoms with Crippen molar-refractivity contribution in [2.75, 3.05) is 10.0 Å². The molecule has 3 aromatic carbocycles. The van der Waals surface area contributed by atoms with E-state index in [0.29, 0.717) is 17.5 Å². The lowest BCUT2D eigenvalue weighted by atomic mass is 9.73. The number of para-hydroxylation sites is 1. The summed E-state index contributed by atoms with van der Waals surface area (Å²) in [6.07, 6.45) is -4.00. The van der Waals surface area contributed by atoms with Gasteiger partial charge in [-0.15, -0.1) is 0 Å². The first-order valence-electron chi connectivity index (χ1n) is 10.2. The van der Waals surface area contributed by atoms with Crippen molar-refractivity contribution in [1.82, 2.24) is 0 Å². The zero-order chi connectivity index (χ0) is 24.0. The van der Waals surface area contributed by atoms with Crippen LogP contribution < -0.4 is 10.0 Å². The molecule has 1 unspecified atom stereocenters. The lowest BCUT2D eigenvalue weighted by Crippen LogP contribution is -2.32. The van der Waals surface area contributed by atoms with Crippen molar-refractivity contribution in [2.45, 2.75) is 42.8 Å². The molecular formula is C24H22F4N2O2S. The molecular weight excluding hydrogens is 456 g/mol. The van der Waals surface area contributed by atoms with E-state index in [2.05, 4.69) is 10.0 Å². The quantitative estimate of drug-likeness (QED) is 0.422. The van der Waals surface area contributed by atoms with Gasteiger partial charge < -0.3 is 5.32 Å². The summed E-state index contributed by atoms with van der Waals surface area (Å²) in [5.41, 5.74) is 0.253. The summed E-state index contributed by atoms with van der Waals surface area (Å²) in [7, 11) is -3.96. The van der Waals surface area contributed by atoms with Crippen molar-refractivity contribution in [2.24, 2.45) is 0 Å². The number of halogens is 4. The molecule has 0 amide bonds. The molecule has 0 spiro atoms. The van der Waals surface area contributed by atoms with Crippen LogP contribution in [0.4, 0.5) is 28.9 Å². The minimum atomic E-state index is -4.51. The van der Waals surface area contributed by atoms with Crippen molar-refractivity contribution < 1.29 is 26.0 Å². The molecule has 1 atom stereocenters. The molecule has 1 aliphatic rings. The number of rotatable bonds is 4. The SMILES string of the molecule is CC1(C)CC(c2cccc(NS(=O)(=O)c3ccc(F)cc3)c2)Nc2c(C(F)(F)F)cccc21. The van der Waals surface area contributed by atoms with Crippen LogP contribution in [0.2, 0.25) is 0 Å². The van der Waals surface area contributed by atoms with Gasteiger partial charge in [0.1, 0.15) is 5.82 Å². The highest BCUT2D eigenvalue weighted by molar-refractivity contribution is 7.92. The second kappa shape index (κ2) is 8.06. The van der Waals surface area contributed by atoms with Crippen LogP contribution in [0.15, 0.2) is 71.6 Å². The third kappa shape index (κ3) is 4.68. The number of benzene rings is 3. The molecule has 0 saturated heterocycles. The summed E-state index contributed by atoms with van der Waals surface area (Å²) >= 11 is 0. The molecule has 33 heavy (non-hydrogen) atoms. The largest absolute Gasteiger partial charge is 0.418 e. The Hall–Kier alpha value is -3.07. The van der Waals surface area contributed by atoms with E-state index in [0.717, 1.165) is 30.3 Å². The van der Waals surface area contributed by atoms with Crippen LogP contribution in [-0.2, 0) is 21.6 Å². The van der Waals surface area contributed by atoms with Crippen molar-refractivity contribution in [1.29, 1.82) is 0 Å². The number of sulfonamides is 1. The van der Waals surface area contributed by atoms with Crippen LogP contribution >= 0.6 is 0 Å². The summed E-state index contributed by atoms with van der Waals surface area (Å²) in [6.45, 7) is 3.78. The van der Waals surface area contributed by atoms with Crippen LogP contribution in [-0.4, -0.2) is 8.42 Å². The van der Waals surface area contributed by atoms with E-state index < -0.39 is 39.0 Å². The molecule has 1 heterocycles. The van der Waals surface area contributed by atoms with E-state index in [4.69, 9.17) is 0 Å². The fraction of sp³-hybridized carbons (Fsp3) is 0.250. The monoisotopic (exact) mass is 478 g/mol. The molecule has 0 bridgehead atoms. The summed E-state index contributed by atoms with van der Waals surface area (Å²) in [6, 6.07) is 14.6. The van der Waals surface area contributed by atoms with Gasteiger partial charge in [0.25, 0.3) is 10.0 Å². The first-order chi connectivity index (χ1) is 15.4. The molecule has 4 rings (SSSR count). The van der Waals surface area contributed by atoms with Gasteiger partial charge in [-0.25, -0.2) is 12.8 Å². The van der Waals surface area contributed by atoms with Gasteiger partial charge in [0.15, 0.2) is 0 Å². The zero-order valence-electron chi connectivity index (χ0n) is 17.9. The maximum atomic E-state index is 13.7. The van der Waals surface area contributed by atoms with E-state index in [1.54, 1.807) is 30.3 Å². The topological polar surface area (TPSA) is 58.2 Å². The molecule has 2 N–H and O–H groups in total. The van der Waals surface area contributed by atoms with Crippen LogP contribution in [0.1, 0.15) is 43.0 Å². The molecule has 0 aliphatic carbocycles. The van der Waals surface area contributed by atoms with Crippen LogP contribution in [0.5, 0.6) is 0 Å². The standard InChI is InChI=1S/C24H22F4N2O2S/c1-23(2)14-21(29-22-19(23)7-4-8-20(22)24(26,27)28)15-5-3-6-17(13-15)30-33(31,32)18-11-9-16(25)10-12-18/h3-13,21,29-30H,14H2,1-2H3. The van der Waals surface area contributed by atoms with E-state index in [1.807, 2.05) is 13.8 Å². The summed E-state index contributed by atoms with van der Waals surface area (Å²) in [4.78, 5) is -0.102. The van der Waals surface area contributed by atoms with Gasteiger partial charge in [-0.3, -0.25) is 4.72 Å². The first kappa shape index (κ1) is 23.1. The molecule has 9 heteroatoms. The summed E-state index contributed by atoms with van der Waals surface area (Å²) in [5.74, 6) is -0.555. The second-order valence-corrected chi connectivity index (χ2v) is 10.4. The Balaban J connectivity index is 1.67. The van der Waals surface area contributed by atoms with Gasteiger partial charge in [0.2, 0.25) is 0 Å². The minimum Gasteiger partial charge on any atom is -0.377 e. The molecule has 0 saturated carbocycles. The minimum absolute atomic E-state index is 0.0449.